The molecule has 0 radical (unpaired) electrons. The summed E-state index contributed by atoms with van der Waals surface area (Å²) in [6.07, 6.45) is 2.83. The molecular formula is C23H18ClF2N7O2. The monoisotopic (exact) mass is 497 g/mol. The first kappa shape index (κ1) is 22.7. The lowest BCUT2D eigenvalue weighted by Crippen LogP contribution is -2.22. The minimum Gasteiger partial charge on any atom is -0.395 e. The van der Waals surface area contributed by atoms with Gasteiger partial charge in [0.15, 0.2) is 23.2 Å². The molecule has 35 heavy (non-hydrogen) atoms. The zero-order valence-corrected chi connectivity index (χ0v) is 19.0. The number of carbonyl (C=O) groups excluding carboxylic acids is 2. The number of halogens is 3. The predicted molar refractivity (Wildman–Crippen MR) is 126 cm³/mol. The summed E-state index contributed by atoms with van der Waals surface area (Å²) in [6, 6.07) is 4.95. The number of aromatic amines is 1. The zero-order valence-electron chi connectivity index (χ0n) is 18.2. The van der Waals surface area contributed by atoms with Crippen molar-refractivity contribution in [1.82, 2.24) is 20.2 Å². The van der Waals surface area contributed by atoms with Crippen LogP contribution in [-0.4, -0.2) is 32.0 Å². The van der Waals surface area contributed by atoms with Crippen LogP contribution in [-0.2, 0) is 4.79 Å². The molecule has 1 aliphatic carbocycles. The molecule has 0 saturated heterocycles. The Balaban J connectivity index is 1.76. The van der Waals surface area contributed by atoms with Gasteiger partial charge in [0.05, 0.1) is 28.1 Å². The van der Waals surface area contributed by atoms with E-state index in [-0.39, 0.29) is 45.1 Å². The molecule has 0 atom stereocenters. The van der Waals surface area contributed by atoms with Gasteiger partial charge in [0.1, 0.15) is 5.69 Å². The van der Waals surface area contributed by atoms with Gasteiger partial charge < -0.3 is 16.8 Å². The summed E-state index contributed by atoms with van der Waals surface area (Å²) in [4.78, 5) is 33.4. The number of hydrogen-bond acceptors (Lipinski definition) is 6. The van der Waals surface area contributed by atoms with Crippen molar-refractivity contribution in [2.24, 2.45) is 11.1 Å². The maximum Gasteiger partial charge on any atom is 0.269 e. The number of anilines is 2. The van der Waals surface area contributed by atoms with E-state index in [4.69, 9.17) is 23.1 Å². The molecular weight excluding hydrogens is 480 g/mol. The fraction of sp³-hybridized carbons (Fsp3) is 0.174. The highest BCUT2D eigenvalue weighted by molar-refractivity contribution is 6.35. The number of nitrogens with zero attached hydrogens (tertiary/aromatic N) is 3. The summed E-state index contributed by atoms with van der Waals surface area (Å²) in [5.74, 6) is -3.92. The lowest BCUT2D eigenvalue weighted by molar-refractivity contribution is -0.120. The summed E-state index contributed by atoms with van der Waals surface area (Å²) in [7, 11) is 0. The van der Waals surface area contributed by atoms with Crippen molar-refractivity contribution in [2.45, 2.75) is 19.8 Å². The van der Waals surface area contributed by atoms with Gasteiger partial charge in [-0.1, -0.05) is 18.5 Å². The van der Waals surface area contributed by atoms with Crippen LogP contribution >= 0.6 is 11.6 Å². The fourth-order valence-corrected chi connectivity index (χ4v) is 3.98. The minimum absolute atomic E-state index is 0.0389. The Morgan fingerprint density at radius 1 is 1.17 bits per heavy atom. The molecule has 2 heterocycles. The number of hydrogen-bond donors (Lipinski definition) is 4. The molecule has 4 aromatic rings. The van der Waals surface area contributed by atoms with Gasteiger partial charge in [0, 0.05) is 28.0 Å². The number of amides is 2. The second kappa shape index (κ2) is 7.98. The topological polar surface area (TPSA) is 153 Å². The third-order valence-corrected chi connectivity index (χ3v) is 6.40. The summed E-state index contributed by atoms with van der Waals surface area (Å²) in [5.41, 5.74) is 11.5. The van der Waals surface area contributed by atoms with E-state index in [9.17, 15) is 18.4 Å². The maximum absolute atomic E-state index is 14.3. The largest absolute Gasteiger partial charge is 0.395 e. The van der Waals surface area contributed by atoms with E-state index in [1.807, 2.05) is 0 Å². The molecule has 6 N–H and O–H groups in total. The number of nitrogens with two attached hydrogens (primary N) is 2. The molecule has 1 fully saturated rings. The van der Waals surface area contributed by atoms with E-state index < -0.39 is 23.0 Å². The second-order valence-electron chi connectivity index (χ2n) is 8.60. The number of primary amides is 1. The highest BCUT2D eigenvalue weighted by Crippen LogP contribution is 2.46. The normalized spacial score (nSPS) is 14.2. The van der Waals surface area contributed by atoms with Crippen LogP contribution in [0.3, 0.4) is 0 Å². The van der Waals surface area contributed by atoms with E-state index in [0.717, 1.165) is 12.1 Å². The van der Waals surface area contributed by atoms with Gasteiger partial charge in [0.2, 0.25) is 5.91 Å². The van der Waals surface area contributed by atoms with Crippen molar-refractivity contribution in [2.75, 3.05) is 11.1 Å². The Morgan fingerprint density at radius 2 is 1.89 bits per heavy atom. The van der Waals surface area contributed by atoms with Crippen LogP contribution in [0.5, 0.6) is 0 Å². The smallest absolute Gasteiger partial charge is 0.269 e. The molecule has 2 amide bonds. The molecule has 178 valence electrons. The van der Waals surface area contributed by atoms with Crippen LogP contribution in [0, 0.1) is 17.0 Å². The van der Waals surface area contributed by atoms with E-state index in [1.165, 1.54) is 6.20 Å². The zero-order chi connectivity index (χ0) is 25.1. The number of nitrogen functional groups attached to an aromatic ring is 1. The van der Waals surface area contributed by atoms with Gasteiger partial charge in [-0.3, -0.25) is 14.7 Å². The maximum atomic E-state index is 14.3. The van der Waals surface area contributed by atoms with Crippen molar-refractivity contribution >= 4 is 45.7 Å². The predicted octanol–water partition coefficient (Wildman–Crippen LogP) is 4.04. The minimum atomic E-state index is -1.20. The molecule has 0 aliphatic heterocycles. The summed E-state index contributed by atoms with van der Waals surface area (Å²) >= 11 is 6.46. The van der Waals surface area contributed by atoms with Crippen molar-refractivity contribution < 1.29 is 18.4 Å². The van der Waals surface area contributed by atoms with Gasteiger partial charge in [0.25, 0.3) is 5.91 Å². The van der Waals surface area contributed by atoms with Crippen LogP contribution < -0.4 is 16.8 Å². The number of fused-ring (bicyclic) bond motifs is 1. The van der Waals surface area contributed by atoms with Gasteiger partial charge in [-0.15, -0.1) is 0 Å². The van der Waals surface area contributed by atoms with Gasteiger partial charge in [-0.05, 0) is 31.0 Å². The number of benzene rings is 2. The van der Waals surface area contributed by atoms with Crippen molar-refractivity contribution in [1.29, 1.82) is 0 Å². The quantitative estimate of drug-likeness (QED) is 0.326. The lowest BCUT2D eigenvalue weighted by atomic mass is 10.0. The molecule has 0 bridgehead atoms. The number of H-pyrrole nitrogens is 1. The molecule has 1 saturated carbocycles. The fourth-order valence-electron chi connectivity index (χ4n) is 3.72. The Kier molecular flexibility index (Phi) is 5.17. The SMILES string of the molecule is CC1(C(=O)Nc2cc(F)c(F)cc2-c2nc(C(N)=O)c(N)c(-c3c(Cl)ccc4[nH]ncc34)n2)CC1. The summed E-state index contributed by atoms with van der Waals surface area (Å²) in [6.45, 7) is 1.76. The van der Waals surface area contributed by atoms with Crippen LogP contribution in [0.2, 0.25) is 5.02 Å². The molecule has 0 unspecified atom stereocenters. The van der Waals surface area contributed by atoms with Gasteiger partial charge in [-0.2, -0.15) is 5.10 Å². The van der Waals surface area contributed by atoms with Crippen LogP contribution in [0.1, 0.15) is 30.3 Å². The number of rotatable bonds is 5. The van der Waals surface area contributed by atoms with Crippen molar-refractivity contribution in [3.05, 3.63) is 52.8 Å². The van der Waals surface area contributed by atoms with E-state index in [2.05, 4.69) is 25.5 Å². The number of carbonyl (C=O) groups is 2. The van der Waals surface area contributed by atoms with Crippen LogP contribution in [0.25, 0.3) is 33.5 Å². The molecule has 2 aromatic heterocycles. The highest BCUT2D eigenvalue weighted by Gasteiger charge is 2.45. The van der Waals surface area contributed by atoms with Gasteiger partial charge >= 0.3 is 0 Å². The Hall–Kier alpha value is -4.12. The second-order valence-corrected chi connectivity index (χ2v) is 9.01. The summed E-state index contributed by atoms with van der Waals surface area (Å²) in [5, 5.41) is 10.2. The molecule has 12 heteroatoms. The first-order valence-corrected chi connectivity index (χ1v) is 10.9. The third kappa shape index (κ3) is 3.83. The highest BCUT2D eigenvalue weighted by atomic mass is 35.5. The molecule has 0 spiro atoms. The van der Waals surface area contributed by atoms with E-state index in [0.29, 0.717) is 29.3 Å². The van der Waals surface area contributed by atoms with E-state index in [1.54, 1.807) is 19.1 Å². The lowest BCUT2D eigenvalue weighted by Gasteiger charge is -2.16. The van der Waals surface area contributed by atoms with Crippen molar-refractivity contribution in [3.63, 3.8) is 0 Å². The van der Waals surface area contributed by atoms with Crippen molar-refractivity contribution in [3.8, 4) is 22.6 Å². The Bertz CT molecular complexity index is 1550. The van der Waals surface area contributed by atoms with Crippen LogP contribution in [0.15, 0.2) is 30.5 Å². The molecule has 1 aliphatic rings. The third-order valence-electron chi connectivity index (χ3n) is 6.09. The van der Waals surface area contributed by atoms with E-state index >= 15 is 0 Å². The summed E-state index contributed by atoms with van der Waals surface area (Å²) < 4.78 is 28.5. The number of nitrogens with one attached hydrogen (secondary N) is 2. The number of aromatic nitrogens is 4. The average molecular weight is 498 g/mol. The average Bonchev–Trinajstić information content (AvgIpc) is 3.39. The Morgan fingerprint density at radius 3 is 2.57 bits per heavy atom. The molecule has 5 rings (SSSR count). The first-order chi connectivity index (χ1) is 16.6. The molecule has 9 nitrogen and oxygen atoms in total. The van der Waals surface area contributed by atoms with Gasteiger partial charge in [-0.25, -0.2) is 18.7 Å². The molecule has 2 aromatic carbocycles. The standard InChI is InChI=1S/C23H18ClF2N7O2/c1-23(4-5-23)22(35)30-15-7-13(26)12(25)6-9(15)21-31-18(17(27)19(32-21)20(28)34)16-10-8-29-33-14(10)3-2-11(16)24/h2-3,6-8H,4-5,27H2,1H3,(H2,28,34)(H,29,33)(H,30,35). The Labute approximate surface area is 201 Å². The van der Waals surface area contributed by atoms with Crippen LogP contribution in [0.4, 0.5) is 20.2 Å². The first-order valence-electron chi connectivity index (χ1n) is 10.5.